The van der Waals surface area contributed by atoms with Crippen molar-refractivity contribution in [2.75, 3.05) is 11.4 Å². The number of amides is 1. The molecule has 2 aromatic rings. The molecule has 142 valence electrons. The van der Waals surface area contributed by atoms with Gasteiger partial charge in [-0.3, -0.25) is 9.59 Å². The second-order valence-corrected chi connectivity index (χ2v) is 7.27. The van der Waals surface area contributed by atoms with Gasteiger partial charge in [-0.05, 0) is 43.0 Å². The van der Waals surface area contributed by atoms with Gasteiger partial charge in [0.25, 0.3) is 0 Å². The second-order valence-electron chi connectivity index (χ2n) is 7.27. The van der Waals surface area contributed by atoms with Crippen molar-refractivity contribution in [3.8, 4) is 0 Å². The molecule has 2 aromatic carbocycles. The summed E-state index contributed by atoms with van der Waals surface area (Å²) in [4.78, 5) is 26.5. The van der Waals surface area contributed by atoms with Crippen molar-refractivity contribution in [3.63, 3.8) is 0 Å². The lowest BCUT2D eigenvalue weighted by molar-refractivity contribution is -0.149. The first kappa shape index (κ1) is 19.2. The van der Waals surface area contributed by atoms with E-state index in [1.807, 2.05) is 43.3 Å². The molecule has 0 spiro atoms. The maximum atomic E-state index is 12.4. The maximum Gasteiger partial charge on any atom is 0.311 e. The Labute approximate surface area is 161 Å². The number of hydrogen-bond donors (Lipinski definition) is 0. The number of anilines is 1. The molecule has 0 aromatic heterocycles. The van der Waals surface area contributed by atoms with Crippen molar-refractivity contribution >= 4 is 17.6 Å². The van der Waals surface area contributed by atoms with Crippen molar-refractivity contribution in [2.24, 2.45) is 5.92 Å². The van der Waals surface area contributed by atoms with Gasteiger partial charge in [-0.25, -0.2) is 0 Å². The molecule has 0 bridgehead atoms. The Hall–Kier alpha value is -2.62. The van der Waals surface area contributed by atoms with Crippen LogP contribution in [0.25, 0.3) is 0 Å². The molecule has 1 unspecified atom stereocenters. The molecule has 1 fully saturated rings. The van der Waals surface area contributed by atoms with Gasteiger partial charge in [-0.1, -0.05) is 55.3 Å². The van der Waals surface area contributed by atoms with Crippen LogP contribution in [0.15, 0.2) is 48.5 Å². The Balaban J connectivity index is 1.56. The molecule has 1 heterocycles. The Kier molecular flexibility index (Phi) is 6.28. The molecular formula is C23H27NO3. The van der Waals surface area contributed by atoms with Crippen LogP contribution in [0.4, 0.5) is 5.69 Å². The van der Waals surface area contributed by atoms with E-state index in [9.17, 15) is 9.59 Å². The standard InChI is InChI=1S/C23H27NO3/c1-3-4-5-18-10-12-21(13-11-18)24-15-20(14-22(24)25)23(26)27-16-19-8-6-17(2)7-9-19/h6-13,20H,3-5,14-16H2,1-2H3. The molecule has 1 atom stereocenters. The van der Waals surface area contributed by atoms with Gasteiger partial charge in [-0.15, -0.1) is 0 Å². The molecule has 0 saturated carbocycles. The quantitative estimate of drug-likeness (QED) is 0.682. The van der Waals surface area contributed by atoms with Crippen LogP contribution in [0.1, 0.15) is 42.9 Å². The highest BCUT2D eigenvalue weighted by atomic mass is 16.5. The molecule has 1 saturated heterocycles. The van der Waals surface area contributed by atoms with Crippen molar-refractivity contribution in [2.45, 2.75) is 46.1 Å². The summed E-state index contributed by atoms with van der Waals surface area (Å²) in [7, 11) is 0. The van der Waals surface area contributed by atoms with Gasteiger partial charge in [0, 0.05) is 18.7 Å². The van der Waals surface area contributed by atoms with Crippen LogP contribution in [0.5, 0.6) is 0 Å². The zero-order valence-electron chi connectivity index (χ0n) is 16.1. The predicted octanol–water partition coefficient (Wildman–Crippen LogP) is 4.43. The first-order chi connectivity index (χ1) is 13.1. The van der Waals surface area contributed by atoms with E-state index in [-0.39, 0.29) is 24.9 Å². The Morgan fingerprint density at radius 1 is 1.07 bits per heavy atom. The summed E-state index contributed by atoms with van der Waals surface area (Å²) < 4.78 is 5.43. The van der Waals surface area contributed by atoms with Gasteiger partial charge in [0.05, 0.1) is 5.92 Å². The van der Waals surface area contributed by atoms with E-state index in [0.717, 1.165) is 24.1 Å². The van der Waals surface area contributed by atoms with Crippen LogP contribution < -0.4 is 4.90 Å². The third-order valence-corrected chi connectivity index (χ3v) is 5.03. The predicted molar refractivity (Wildman–Crippen MR) is 106 cm³/mol. The van der Waals surface area contributed by atoms with Gasteiger partial charge in [-0.2, -0.15) is 0 Å². The van der Waals surface area contributed by atoms with Gasteiger partial charge in [0.2, 0.25) is 5.91 Å². The number of benzene rings is 2. The normalized spacial score (nSPS) is 16.6. The minimum Gasteiger partial charge on any atom is -0.461 e. The molecule has 0 aliphatic carbocycles. The third-order valence-electron chi connectivity index (χ3n) is 5.03. The summed E-state index contributed by atoms with van der Waals surface area (Å²) >= 11 is 0. The zero-order valence-corrected chi connectivity index (χ0v) is 16.1. The molecule has 4 nitrogen and oxygen atoms in total. The van der Waals surface area contributed by atoms with E-state index < -0.39 is 5.92 Å². The first-order valence-electron chi connectivity index (χ1n) is 9.68. The van der Waals surface area contributed by atoms with Crippen molar-refractivity contribution in [3.05, 3.63) is 65.2 Å². The number of carbonyl (C=O) groups excluding carboxylic acids is 2. The van der Waals surface area contributed by atoms with E-state index in [0.29, 0.717) is 6.54 Å². The maximum absolute atomic E-state index is 12.4. The molecule has 1 aliphatic heterocycles. The first-order valence-corrected chi connectivity index (χ1v) is 9.68. The average molecular weight is 365 g/mol. The molecule has 4 heteroatoms. The Bertz CT molecular complexity index is 780. The highest BCUT2D eigenvalue weighted by Crippen LogP contribution is 2.26. The monoisotopic (exact) mass is 365 g/mol. The summed E-state index contributed by atoms with van der Waals surface area (Å²) in [6.45, 7) is 4.83. The minimum atomic E-state index is -0.400. The van der Waals surface area contributed by atoms with Crippen LogP contribution in [-0.2, 0) is 27.4 Å². The summed E-state index contributed by atoms with van der Waals surface area (Å²) in [5.41, 5.74) is 4.26. The smallest absolute Gasteiger partial charge is 0.311 e. The number of carbonyl (C=O) groups is 2. The lowest BCUT2D eigenvalue weighted by Crippen LogP contribution is -2.26. The third kappa shape index (κ3) is 4.97. The summed E-state index contributed by atoms with van der Waals surface area (Å²) in [6.07, 6.45) is 3.60. The van der Waals surface area contributed by atoms with Crippen LogP contribution in [0.3, 0.4) is 0 Å². The Morgan fingerprint density at radius 2 is 1.74 bits per heavy atom. The fraction of sp³-hybridized carbons (Fsp3) is 0.391. The Morgan fingerprint density at radius 3 is 2.41 bits per heavy atom. The van der Waals surface area contributed by atoms with E-state index in [1.165, 1.54) is 17.5 Å². The van der Waals surface area contributed by atoms with E-state index in [4.69, 9.17) is 4.74 Å². The summed E-state index contributed by atoms with van der Waals surface area (Å²) in [5.74, 6) is -0.720. The van der Waals surface area contributed by atoms with Crippen molar-refractivity contribution in [1.82, 2.24) is 0 Å². The van der Waals surface area contributed by atoms with Crippen LogP contribution in [0, 0.1) is 12.8 Å². The topological polar surface area (TPSA) is 46.6 Å². The van der Waals surface area contributed by atoms with Gasteiger partial charge < -0.3 is 9.64 Å². The minimum absolute atomic E-state index is 0.0198. The highest BCUT2D eigenvalue weighted by Gasteiger charge is 2.36. The molecule has 3 rings (SSSR count). The van der Waals surface area contributed by atoms with E-state index >= 15 is 0 Å². The average Bonchev–Trinajstić information content (AvgIpc) is 3.08. The number of nitrogens with zero attached hydrogens (tertiary/aromatic N) is 1. The van der Waals surface area contributed by atoms with E-state index in [2.05, 4.69) is 19.1 Å². The number of hydrogen-bond acceptors (Lipinski definition) is 3. The summed E-state index contributed by atoms with van der Waals surface area (Å²) in [6, 6.07) is 16.0. The van der Waals surface area contributed by atoms with Gasteiger partial charge in [0.15, 0.2) is 0 Å². The zero-order chi connectivity index (χ0) is 19.2. The highest BCUT2D eigenvalue weighted by molar-refractivity contribution is 5.99. The number of ether oxygens (including phenoxy) is 1. The fourth-order valence-electron chi connectivity index (χ4n) is 3.30. The number of esters is 1. The SMILES string of the molecule is CCCCc1ccc(N2CC(C(=O)OCc3ccc(C)cc3)CC2=O)cc1. The van der Waals surface area contributed by atoms with E-state index in [1.54, 1.807) is 4.90 Å². The molecule has 0 N–H and O–H groups in total. The fourth-order valence-corrected chi connectivity index (χ4v) is 3.30. The second kappa shape index (κ2) is 8.85. The van der Waals surface area contributed by atoms with Crippen LogP contribution in [0.2, 0.25) is 0 Å². The van der Waals surface area contributed by atoms with Crippen LogP contribution in [-0.4, -0.2) is 18.4 Å². The molecule has 27 heavy (non-hydrogen) atoms. The molecule has 0 radical (unpaired) electrons. The lowest BCUT2D eigenvalue weighted by atomic mass is 10.1. The lowest BCUT2D eigenvalue weighted by Gasteiger charge is -2.17. The number of unbranched alkanes of at least 4 members (excludes halogenated alkanes) is 1. The van der Waals surface area contributed by atoms with Crippen molar-refractivity contribution < 1.29 is 14.3 Å². The van der Waals surface area contributed by atoms with Gasteiger partial charge >= 0.3 is 5.97 Å². The number of aryl methyl sites for hydroxylation is 2. The van der Waals surface area contributed by atoms with Crippen LogP contribution >= 0.6 is 0 Å². The molecule has 1 amide bonds. The number of rotatable bonds is 7. The molecule has 1 aliphatic rings. The van der Waals surface area contributed by atoms with Crippen molar-refractivity contribution in [1.29, 1.82) is 0 Å². The van der Waals surface area contributed by atoms with Gasteiger partial charge in [0.1, 0.15) is 6.61 Å². The molecular weight excluding hydrogens is 338 g/mol. The largest absolute Gasteiger partial charge is 0.461 e. The summed E-state index contributed by atoms with van der Waals surface area (Å²) in [5, 5.41) is 0.